The quantitative estimate of drug-likeness (QED) is 0.242. The maximum Gasteiger partial charge on any atom is 3.00 e. The van der Waals surface area contributed by atoms with Crippen LogP contribution in [0.5, 0.6) is 0 Å². The summed E-state index contributed by atoms with van der Waals surface area (Å²) in [6.07, 6.45) is 0. The average Bonchev–Trinajstić information content (AvgIpc) is 3.34. The van der Waals surface area contributed by atoms with E-state index in [1.54, 1.807) is 0 Å². The number of hydrogen-bond donors (Lipinski definition) is 0. The second-order valence-electron chi connectivity index (χ2n) is 0. The van der Waals surface area contributed by atoms with Gasteiger partial charge in [0.25, 0.3) is 0 Å². The van der Waals surface area contributed by atoms with Crippen LogP contribution in [-0.4, -0.2) is 113 Å². The zero-order valence-electron chi connectivity index (χ0n) is 28.3. The Bertz CT molecular complexity index is 546. The summed E-state index contributed by atoms with van der Waals surface area (Å²) < 4.78 is 0. The molecule has 0 aromatic heterocycles. The maximum absolute atomic E-state index is 6.25. The first-order valence-electron chi connectivity index (χ1n) is 5.37. The van der Waals surface area contributed by atoms with Crippen molar-refractivity contribution in [2.45, 2.75) is 0 Å². The zero-order chi connectivity index (χ0) is 48.0. The van der Waals surface area contributed by atoms with Crippen LogP contribution in [-0.2, 0) is 126 Å². The molecular formula is C24Ca3Co4N24Zn3. The van der Waals surface area contributed by atoms with Crippen LogP contribution >= 0.6 is 0 Å². The standard InChI is InChI=1S/24CN.3Ca.4Co.3Zn/c24*1-2;;;;;;;;;;/q24*-1;3*+2;4*+3;3*+2. The van der Waals surface area contributed by atoms with E-state index in [4.69, 9.17) is 284 Å². The van der Waals surface area contributed by atoms with Gasteiger partial charge in [-0.1, -0.05) is 0 Å². The molecule has 0 aliphatic rings. The Labute approximate surface area is 514 Å². The molecule has 0 rings (SSSR count). The fourth-order valence-electron chi connectivity index (χ4n) is 0. The summed E-state index contributed by atoms with van der Waals surface area (Å²) in [5.74, 6) is 0. The van der Waals surface area contributed by atoms with Gasteiger partial charge in [0.05, 0.1) is 0 Å². The Hall–Kier alpha value is -4.56. The summed E-state index contributed by atoms with van der Waals surface area (Å²) in [5, 5.41) is 150. The molecule has 58 heavy (non-hydrogen) atoms. The van der Waals surface area contributed by atoms with E-state index < -0.39 is 0 Å². The molecule has 34 heteroatoms. The van der Waals surface area contributed by atoms with Gasteiger partial charge in [-0.25, -0.2) is 0 Å². The fourth-order valence-corrected chi connectivity index (χ4v) is 0. The molecule has 0 aliphatic heterocycles. The summed E-state index contributed by atoms with van der Waals surface area (Å²) in [7, 11) is 0. The molecular weight excluding hydrogens is 1180 g/mol. The van der Waals surface area contributed by atoms with Crippen molar-refractivity contribution in [1.82, 2.24) is 0 Å². The largest absolute Gasteiger partial charge is 3.00 e. The van der Waals surface area contributed by atoms with Gasteiger partial charge in [0.1, 0.15) is 0 Å². The van der Waals surface area contributed by atoms with E-state index in [0.29, 0.717) is 0 Å². The van der Waals surface area contributed by atoms with Crippen LogP contribution in [0.2, 0.25) is 0 Å². The average molecular weight is 1180 g/mol. The predicted molar refractivity (Wildman–Crippen MR) is 136 cm³/mol. The first kappa shape index (κ1) is 389. The van der Waals surface area contributed by atoms with Crippen molar-refractivity contribution in [2.24, 2.45) is 0 Å². The smallest absolute Gasteiger partial charge is 0.512 e. The minimum absolute atomic E-state index is 0. The van der Waals surface area contributed by atoms with Gasteiger partial charge in [-0.3, -0.25) is 0 Å². The van der Waals surface area contributed by atoms with Crippen molar-refractivity contribution in [3.8, 4) is 0 Å². The Balaban J connectivity index is -0.00000000321. The monoisotopic (exact) mass is 1170 g/mol. The van der Waals surface area contributed by atoms with Crippen LogP contribution in [0.15, 0.2) is 0 Å². The second-order valence-corrected chi connectivity index (χ2v) is 0. The minimum Gasteiger partial charge on any atom is -0.512 e. The molecule has 0 atom stereocenters. The first-order chi connectivity index (χ1) is 24.0. The van der Waals surface area contributed by atoms with E-state index in [1.165, 1.54) is 0 Å². The third kappa shape index (κ3) is 6280. The Morgan fingerprint density at radius 3 is 0.103 bits per heavy atom. The normalized spacial score (nSPS) is 0.828. The Kier molecular flexibility index (Phi) is 44600. The molecule has 0 amide bonds. The van der Waals surface area contributed by atoms with E-state index in [2.05, 4.69) is 0 Å². The van der Waals surface area contributed by atoms with Gasteiger partial charge < -0.3 is 284 Å². The molecule has 0 saturated heterocycles. The molecule has 0 bridgehead atoms. The molecule has 0 N–H and O–H groups in total. The van der Waals surface area contributed by atoms with Gasteiger partial charge in [-0.05, 0) is 0 Å². The van der Waals surface area contributed by atoms with Gasteiger partial charge in [-0.15, -0.1) is 0 Å². The van der Waals surface area contributed by atoms with E-state index >= 15 is 0 Å². The summed E-state index contributed by atoms with van der Waals surface area (Å²) in [5.41, 5.74) is 0. The van der Waals surface area contributed by atoms with Crippen molar-refractivity contribution in [2.75, 3.05) is 0 Å². The molecule has 264 valence electrons. The SMILES string of the molecule is [C-]#N.[C-]#N.[C-]#N.[C-]#N.[C-]#N.[C-]#N.[C-]#N.[C-]#N.[C-]#N.[C-]#N.[C-]#N.[C-]#N.[C-]#N.[C-]#N.[C-]#N.[C-]#N.[C-]#N.[C-]#N.[C-]#N.[C-]#N.[C-]#N.[C-]#N.[C-]#N.[C-]#N.[Ca+2].[Ca+2].[Ca+2].[Co+3].[Co+3].[Co+3].[Co+3].[Zn+2].[Zn+2].[Zn+2]. The molecule has 24 nitrogen and oxygen atoms in total. The van der Waals surface area contributed by atoms with Gasteiger partial charge in [0.15, 0.2) is 0 Å². The van der Waals surface area contributed by atoms with Crippen LogP contribution in [0.25, 0.3) is 0 Å². The minimum atomic E-state index is 0. The Morgan fingerprint density at radius 1 is 0.103 bits per heavy atom. The Morgan fingerprint density at radius 2 is 0.103 bits per heavy atom. The molecule has 0 heterocycles. The van der Waals surface area contributed by atoms with Crippen molar-refractivity contribution < 1.29 is 126 Å². The maximum atomic E-state index is 6.25. The topological polar surface area (TPSA) is 571 Å². The van der Waals surface area contributed by atoms with Crippen LogP contribution in [0.1, 0.15) is 0 Å². The van der Waals surface area contributed by atoms with Crippen LogP contribution in [0.3, 0.4) is 0 Å². The first-order valence-corrected chi connectivity index (χ1v) is 5.37. The number of hydrogen-bond acceptors (Lipinski definition) is 24. The molecule has 0 radical (unpaired) electrons. The number of rotatable bonds is 0. The van der Waals surface area contributed by atoms with E-state index in [0.717, 1.165) is 0 Å². The van der Waals surface area contributed by atoms with Gasteiger partial charge in [0, 0.05) is 0 Å². The molecule has 0 fully saturated rings. The molecule has 0 unspecified atom stereocenters. The zero-order valence-corrected chi connectivity index (χ0v) is 48.0. The molecule has 0 saturated carbocycles. The van der Waals surface area contributed by atoms with Gasteiger partial charge in [-0.2, -0.15) is 0 Å². The van der Waals surface area contributed by atoms with Gasteiger partial charge in [0.2, 0.25) is 0 Å². The summed E-state index contributed by atoms with van der Waals surface area (Å²) in [6.45, 7) is 114. The van der Waals surface area contributed by atoms with E-state index in [1.807, 2.05) is 0 Å². The third-order valence-corrected chi connectivity index (χ3v) is 0. The second kappa shape index (κ2) is 6660. The van der Waals surface area contributed by atoms with Crippen molar-refractivity contribution in [3.63, 3.8) is 0 Å². The van der Waals surface area contributed by atoms with E-state index in [-0.39, 0.29) is 239 Å². The van der Waals surface area contributed by atoms with Crippen LogP contribution in [0.4, 0.5) is 0 Å². The number of nitrogens with zero attached hydrogens (tertiary/aromatic N) is 24. The summed E-state index contributed by atoms with van der Waals surface area (Å²) in [6, 6.07) is 0. The molecule has 0 aromatic carbocycles. The van der Waals surface area contributed by atoms with Crippen molar-refractivity contribution in [3.05, 3.63) is 158 Å². The predicted octanol–water partition coefficient (Wildman–Crippen LogP) is 1.15. The molecule has 0 aromatic rings. The summed E-state index contributed by atoms with van der Waals surface area (Å²) in [4.78, 5) is 0. The molecule has 0 aliphatic carbocycles. The van der Waals surface area contributed by atoms with Gasteiger partial charge >= 0.3 is 239 Å². The van der Waals surface area contributed by atoms with Crippen molar-refractivity contribution in [1.29, 1.82) is 126 Å². The molecule has 0 spiro atoms. The van der Waals surface area contributed by atoms with Crippen LogP contribution in [0, 0.1) is 284 Å². The van der Waals surface area contributed by atoms with E-state index in [9.17, 15) is 0 Å². The van der Waals surface area contributed by atoms with Crippen molar-refractivity contribution >= 4 is 113 Å². The fraction of sp³-hybridized carbons (Fsp3) is 0. The summed E-state index contributed by atoms with van der Waals surface area (Å²) >= 11 is 0. The third-order valence-electron chi connectivity index (χ3n) is 0. The van der Waals surface area contributed by atoms with Crippen LogP contribution < -0.4 is 0 Å².